The van der Waals surface area contributed by atoms with Crippen LogP contribution >= 0.6 is 0 Å². The number of H-pyrrole nitrogens is 1. The summed E-state index contributed by atoms with van der Waals surface area (Å²) in [6, 6.07) is 15.9. The summed E-state index contributed by atoms with van der Waals surface area (Å²) >= 11 is 0. The summed E-state index contributed by atoms with van der Waals surface area (Å²) in [5.74, 6) is 0.824. The zero-order valence-electron chi connectivity index (χ0n) is 11.7. The average Bonchev–Trinajstić information content (AvgIpc) is 2.82. The van der Waals surface area contributed by atoms with E-state index in [0.29, 0.717) is 0 Å². The lowest BCUT2D eigenvalue weighted by Gasteiger charge is -2.16. The molecule has 0 saturated carbocycles. The van der Waals surface area contributed by atoms with E-state index in [2.05, 4.69) is 24.0 Å². The van der Waals surface area contributed by atoms with Crippen molar-refractivity contribution in [2.75, 3.05) is 7.11 Å². The summed E-state index contributed by atoms with van der Waals surface area (Å²) in [5, 5.41) is 1.17. The number of nitrogens with one attached hydrogen (secondary N) is 1. The van der Waals surface area contributed by atoms with E-state index < -0.39 is 0 Å². The highest BCUT2D eigenvalue weighted by atomic mass is 16.5. The number of benzene rings is 2. The van der Waals surface area contributed by atoms with E-state index >= 15 is 0 Å². The maximum absolute atomic E-state index is 6.50. The molecule has 2 aromatic carbocycles. The van der Waals surface area contributed by atoms with Crippen LogP contribution in [0.15, 0.2) is 48.5 Å². The predicted octanol–water partition coefficient (Wildman–Crippen LogP) is 3.53. The smallest absolute Gasteiger partial charge is 0.123 e. The first-order valence-electron chi connectivity index (χ1n) is 6.68. The fourth-order valence-electron chi connectivity index (χ4n) is 2.78. The first kappa shape index (κ1) is 12.8. The molecule has 0 aliphatic rings. The molecule has 3 N–H and O–H groups in total. The van der Waals surface area contributed by atoms with Gasteiger partial charge < -0.3 is 15.5 Å². The van der Waals surface area contributed by atoms with Crippen LogP contribution in [-0.2, 0) is 0 Å². The Morgan fingerprint density at radius 1 is 1.05 bits per heavy atom. The van der Waals surface area contributed by atoms with Crippen molar-refractivity contribution in [3.8, 4) is 5.75 Å². The van der Waals surface area contributed by atoms with Crippen molar-refractivity contribution in [3.63, 3.8) is 0 Å². The molecule has 0 amide bonds. The van der Waals surface area contributed by atoms with Crippen LogP contribution < -0.4 is 10.5 Å². The minimum absolute atomic E-state index is 0.206. The molecule has 0 aliphatic carbocycles. The van der Waals surface area contributed by atoms with Gasteiger partial charge in [-0.3, -0.25) is 0 Å². The number of nitrogens with two attached hydrogens (primary N) is 1. The molecule has 0 aliphatic heterocycles. The van der Waals surface area contributed by atoms with Gasteiger partial charge in [-0.15, -0.1) is 0 Å². The number of hydrogen-bond donors (Lipinski definition) is 2. The van der Waals surface area contributed by atoms with E-state index in [4.69, 9.17) is 10.5 Å². The molecule has 0 fully saturated rings. The second-order valence-electron chi connectivity index (χ2n) is 4.93. The number of rotatable bonds is 3. The largest absolute Gasteiger partial charge is 0.496 e. The van der Waals surface area contributed by atoms with Gasteiger partial charge in [0.25, 0.3) is 0 Å². The second kappa shape index (κ2) is 5.02. The Labute approximate surface area is 118 Å². The summed E-state index contributed by atoms with van der Waals surface area (Å²) < 4.78 is 5.43. The number of ether oxygens (including phenoxy) is 1. The van der Waals surface area contributed by atoms with Crippen molar-refractivity contribution in [1.29, 1.82) is 0 Å². The number of fused-ring (bicyclic) bond motifs is 1. The van der Waals surface area contributed by atoms with Crippen molar-refractivity contribution in [3.05, 3.63) is 65.4 Å². The van der Waals surface area contributed by atoms with Crippen LogP contribution in [0.4, 0.5) is 0 Å². The summed E-state index contributed by atoms with van der Waals surface area (Å²) in [7, 11) is 1.67. The highest BCUT2D eigenvalue weighted by Gasteiger charge is 2.19. The summed E-state index contributed by atoms with van der Waals surface area (Å²) in [5.41, 5.74) is 10.9. The predicted molar refractivity (Wildman–Crippen MR) is 82.1 cm³/mol. The maximum atomic E-state index is 6.50. The lowest BCUT2D eigenvalue weighted by atomic mass is 9.96. The molecule has 0 spiro atoms. The number of para-hydroxylation sites is 2. The molecule has 3 nitrogen and oxygen atoms in total. The van der Waals surface area contributed by atoms with Gasteiger partial charge in [0.05, 0.1) is 13.2 Å². The van der Waals surface area contributed by atoms with Gasteiger partial charge in [-0.1, -0.05) is 36.4 Å². The lowest BCUT2D eigenvalue weighted by Crippen LogP contribution is -2.13. The quantitative estimate of drug-likeness (QED) is 0.762. The first-order valence-corrected chi connectivity index (χ1v) is 6.68. The number of hydrogen-bond acceptors (Lipinski definition) is 2. The van der Waals surface area contributed by atoms with Crippen molar-refractivity contribution in [2.24, 2.45) is 5.73 Å². The second-order valence-corrected chi connectivity index (χ2v) is 4.93. The van der Waals surface area contributed by atoms with Gasteiger partial charge in [-0.25, -0.2) is 0 Å². The molecule has 3 aromatic rings. The highest BCUT2D eigenvalue weighted by Crippen LogP contribution is 2.34. The van der Waals surface area contributed by atoms with Crippen LogP contribution in [0.25, 0.3) is 10.9 Å². The SMILES string of the molecule is COc1ccccc1C(N)c1c(C)[nH]c2ccccc12. The van der Waals surface area contributed by atoms with E-state index in [0.717, 1.165) is 28.1 Å². The van der Waals surface area contributed by atoms with Gasteiger partial charge in [-0.05, 0) is 19.1 Å². The van der Waals surface area contributed by atoms with Crippen LogP contribution in [0, 0.1) is 6.92 Å². The molecule has 3 heteroatoms. The summed E-state index contributed by atoms with van der Waals surface area (Å²) in [6.07, 6.45) is 0. The van der Waals surface area contributed by atoms with Crippen molar-refractivity contribution in [1.82, 2.24) is 4.98 Å². The standard InChI is InChI=1S/C17H18N2O/c1-11-16(12-7-3-5-9-14(12)19-11)17(18)13-8-4-6-10-15(13)20-2/h3-10,17,19H,18H2,1-2H3. The first-order chi connectivity index (χ1) is 9.72. The normalized spacial score (nSPS) is 12.6. The van der Waals surface area contributed by atoms with Crippen molar-refractivity contribution >= 4 is 10.9 Å². The van der Waals surface area contributed by atoms with Gasteiger partial charge >= 0.3 is 0 Å². The average molecular weight is 266 g/mol. The third kappa shape index (κ3) is 1.96. The Morgan fingerprint density at radius 3 is 2.55 bits per heavy atom. The van der Waals surface area contributed by atoms with Crippen LogP contribution in [0.2, 0.25) is 0 Å². The van der Waals surface area contributed by atoms with Crippen LogP contribution in [0.3, 0.4) is 0 Å². The number of aryl methyl sites for hydroxylation is 1. The molecule has 1 unspecified atom stereocenters. The third-order valence-corrected chi connectivity index (χ3v) is 3.73. The monoisotopic (exact) mass is 266 g/mol. The molecule has 1 aromatic heterocycles. The molecule has 0 saturated heterocycles. The Bertz CT molecular complexity index is 746. The maximum Gasteiger partial charge on any atom is 0.123 e. The van der Waals surface area contributed by atoms with Gasteiger partial charge in [-0.2, -0.15) is 0 Å². The third-order valence-electron chi connectivity index (χ3n) is 3.73. The van der Waals surface area contributed by atoms with Gasteiger partial charge in [0.2, 0.25) is 0 Å². The summed E-state index contributed by atoms with van der Waals surface area (Å²) in [4.78, 5) is 3.39. The topological polar surface area (TPSA) is 51.0 Å². The van der Waals surface area contributed by atoms with Gasteiger partial charge in [0.15, 0.2) is 0 Å². The van der Waals surface area contributed by atoms with Crippen LogP contribution in [-0.4, -0.2) is 12.1 Å². The Balaban J connectivity index is 2.17. The molecular formula is C17H18N2O. The number of aromatic amines is 1. The van der Waals surface area contributed by atoms with E-state index in [-0.39, 0.29) is 6.04 Å². The lowest BCUT2D eigenvalue weighted by molar-refractivity contribution is 0.408. The van der Waals surface area contributed by atoms with E-state index in [1.54, 1.807) is 7.11 Å². The van der Waals surface area contributed by atoms with Crippen molar-refractivity contribution in [2.45, 2.75) is 13.0 Å². The Hall–Kier alpha value is -2.26. The van der Waals surface area contributed by atoms with Crippen LogP contribution in [0.5, 0.6) is 5.75 Å². The summed E-state index contributed by atoms with van der Waals surface area (Å²) in [6.45, 7) is 2.06. The minimum atomic E-state index is -0.206. The van der Waals surface area contributed by atoms with Crippen molar-refractivity contribution < 1.29 is 4.74 Å². The fourth-order valence-corrected chi connectivity index (χ4v) is 2.78. The molecule has 1 atom stereocenters. The van der Waals surface area contributed by atoms with Gasteiger partial charge in [0.1, 0.15) is 5.75 Å². The van der Waals surface area contributed by atoms with E-state index in [1.165, 1.54) is 5.39 Å². The molecular weight excluding hydrogens is 248 g/mol. The molecule has 0 radical (unpaired) electrons. The van der Waals surface area contributed by atoms with Crippen LogP contribution in [0.1, 0.15) is 22.9 Å². The van der Waals surface area contributed by atoms with Gasteiger partial charge in [0, 0.05) is 27.7 Å². The number of methoxy groups -OCH3 is 1. The Morgan fingerprint density at radius 2 is 1.75 bits per heavy atom. The van der Waals surface area contributed by atoms with E-state index in [9.17, 15) is 0 Å². The molecule has 1 heterocycles. The molecule has 0 bridgehead atoms. The molecule has 102 valence electrons. The number of aromatic nitrogens is 1. The zero-order chi connectivity index (χ0) is 14.1. The minimum Gasteiger partial charge on any atom is -0.496 e. The zero-order valence-corrected chi connectivity index (χ0v) is 11.7. The molecule has 3 rings (SSSR count). The highest BCUT2D eigenvalue weighted by molar-refractivity contribution is 5.85. The van der Waals surface area contributed by atoms with E-state index in [1.807, 2.05) is 36.4 Å². The fraction of sp³-hybridized carbons (Fsp3) is 0.176. The molecule has 20 heavy (non-hydrogen) atoms. The Kier molecular flexibility index (Phi) is 3.20.